The molecule has 5 heteroatoms. The van der Waals surface area contributed by atoms with Crippen molar-refractivity contribution < 1.29 is 8.42 Å². The van der Waals surface area contributed by atoms with Crippen LogP contribution >= 0.6 is 0 Å². The Morgan fingerprint density at radius 2 is 2.00 bits per heavy atom. The number of hydrogen-bond acceptors (Lipinski definition) is 4. The van der Waals surface area contributed by atoms with E-state index in [4.69, 9.17) is 5.73 Å². The van der Waals surface area contributed by atoms with Crippen LogP contribution in [0.25, 0.3) is 0 Å². The highest BCUT2D eigenvalue weighted by Gasteiger charge is 2.30. The molecule has 0 aliphatic carbocycles. The summed E-state index contributed by atoms with van der Waals surface area (Å²) in [6.07, 6.45) is 0.751. The third-order valence-corrected chi connectivity index (χ3v) is 5.92. The molecule has 1 aliphatic rings. The second kappa shape index (κ2) is 6.24. The molecule has 2 atom stereocenters. The van der Waals surface area contributed by atoms with Crippen molar-refractivity contribution in [3.8, 4) is 0 Å². The second-order valence-corrected chi connectivity index (χ2v) is 8.08. The molecule has 0 radical (unpaired) electrons. The van der Waals surface area contributed by atoms with Crippen molar-refractivity contribution in [1.29, 1.82) is 0 Å². The summed E-state index contributed by atoms with van der Waals surface area (Å²) in [7, 11) is -0.808. The summed E-state index contributed by atoms with van der Waals surface area (Å²) in [5, 5.41) is 0. The molecule has 2 unspecified atom stereocenters. The summed E-state index contributed by atoms with van der Waals surface area (Å²) in [4.78, 5) is 2.14. The normalized spacial score (nSPS) is 23.1. The highest BCUT2D eigenvalue weighted by atomic mass is 32.2. The van der Waals surface area contributed by atoms with Crippen molar-refractivity contribution in [1.82, 2.24) is 4.90 Å². The van der Waals surface area contributed by atoms with Crippen LogP contribution in [-0.4, -0.2) is 44.5 Å². The van der Waals surface area contributed by atoms with Gasteiger partial charge in [-0.05, 0) is 37.1 Å². The van der Waals surface area contributed by atoms with Gasteiger partial charge in [-0.3, -0.25) is 4.90 Å². The van der Waals surface area contributed by atoms with Crippen LogP contribution in [-0.2, 0) is 16.4 Å². The molecule has 1 saturated heterocycles. The van der Waals surface area contributed by atoms with E-state index >= 15 is 0 Å². The quantitative estimate of drug-likeness (QED) is 0.891. The van der Waals surface area contributed by atoms with E-state index in [1.807, 2.05) is 7.05 Å². The second-order valence-electron chi connectivity index (χ2n) is 5.85. The molecule has 0 saturated carbocycles. The van der Waals surface area contributed by atoms with Crippen LogP contribution in [0.1, 0.15) is 30.4 Å². The van der Waals surface area contributed by atoms with Gasteiger partial charge < -0.3 is 5.73 Å². The number of benzene rings is 1. The number of nitrogens with two attached hydrogens (primary N) is 1. The van der Waals surface area contributed by atoms with Crippen LogP contribution < -0.4 is 5.73 Å². The zero-order valence-corrected chi connectivity index (χ0v) is 13.1. The maximum atomic E-state index is 11.5. The zero-order valence-electron chi connectivity index (χ0n) is 12.2. The van der Waals surface area contributed by atoms with Gasteiger partial charge in [-0.15, -0.1) is 0 Å². The third kappa shape index (κ3) is 3.81. The van der Waals surface area contributed by atoms with Crippen molar-refractivity contribution in [3.63, 3.8) is 0 Å². The molecule has 1 heterocycles. The first-order valence-corrected chi connectivity index (χ1v) is 8.93. The molecule has 20 heavy (non-hydrogen) atoms. The third-order valence-electron chi connectivity index (χ3n) is 4.17. The first kappa shape index (κ1) is 15.5. The van der Waals surface area contributed by atoms with Crippen molar-refractivity contribution in [2.75, 3.05) is 25.1 Å². The average molecular weight is 296 g/mol. The van der Waals surface area contributed by atoms with Crippen LogP contribution in [0, 0.1) is 0 Å². The highest BCUT2D eigenvalue weighted by Crippen LogP contribution is 2.20. The molecule has 1 aromatic rings. The van der Waals surface area contributed by atoms with Gasteiger partial charge in [0.25, 0.3) is 0 Å². The van der Waals surface area contributed by atoms with Crippen molar-refractivity contribution >= 4 is 9.84 Å². The van der Waals surface area contributed by atoms with Gasteiger partial charge in [0, 0.05) is 12.6 Å². The van der Waals surface area contributed by atoms with Crippen molar-refractivity contribution in [2.45, 2.75) is 31.8 Å². The van der Waals surface area contributed by atoms with E-state index < -0.39 is 9.84 Å². The first-order chi connectivity index (χ1) is 9.41. The van der Waals surface area contributed by atoms with E-state index in [1.54, 1.807) is 0 Å². The highest BCUT2D eigenvalue weighted by molar-refractivity contribution is 7.91. The maximum Gasteiger partial charge on any atom is 0.151 e. The molecule has 0 spiro atoms. The standard InChI is InChI=1S/C15H24N2O2S/c1-12(9-16)14-5-3-13(4-6-14)10-17(2)15-7-8-20(18,19)11-15/h3-6,12,15H,7-11,16H2,1-2H3. The largest absolute Gasteiger partial charge is 0.330 e. The topological polar surface area (TPSA) is 63.4 Å². The van der Waals surface area contributed by atoms with Crippen molar-refractivity contribution in [3.05, 3.63) is 35.4 Å². The Balaban J connectivity index is 1.96. The smallest absolute Gasteiger partial charge is 0.151 e. The number of rotatable bonds is 5. The van der Waals surface area contributed by atoms with Crippen molar-refractivity contribution in [2.24, 2.45) is 5.73 Å². The van der Waals surface area contributed by atoms with Gasteiger partial charge in [-0.1, -0.05) is 31.2 Å². The predicted octanol–water partition coefficient (Wildman–Crippen LogP) is 1.37. The van der Waals surface area contributed by atoms with E-state index in [0.29, 0.717) is 24.0 Å². The summed E-state index contributed by atoms with van der Waals surface area (Å²) in [5.41, 5.74) is 8.13. The summed E-state index contributed by atoms with van der Waals surface area (Å²) in [5.74, 6) is 1.00. The fourth-order valence-electron chi connectivity index (χ4n) is 2.63. The Kier molecular flexibility index (Phi) is 4.83. The van der Waals surface area contributed by atoms with Gasteiger partial charge in [0.15, 0.2) is 9.84 Å². The van der Waals surface area contributed by atoms with Gasteiger partial charge in [0.2, 0.25) is 0 Å². The molecular formula is C15H24N2O2S. The lowest BCUT2D eigenvalue weighted by molar-refractivity contribution is 0.254. The van der Waals surface area contributed by atoms with Crippen LogP contribution in [0.3, 0.4) is 0 Å². The summed E-state index contributed by atoms with van der Waals surface area (Å²) in [6, 6.07) is 8.61. The molecule has 1 aliphatic heterocycles. The molecule has 2 rings (SSSR count). The van der Waals surface area contributed by atoms with E-state index in [1.165, 1.54) is 11.1 Å². The number of nitrogens with zero attached hydrogens (tertiary/aromatic N) is 1. The number of sulfone groups is 1. The van der Waals surface area contributed by atoms with Crippen LogP contribution in [0.2, 0.25) is 0 Å². The van der Waals surface area contributed by atoms with E-state index in [2.05, 4.69) is 36.1 Å². The Bertz CT molecular complexity index is 539. The van der Waals surface area contributed by atoms with Gasteiger partial charge >= 0.3 is 0 Å². The Morgan fingerprint density at radius 3 is 2.50 bits per heavy atom. The van der Waals surface area contributed by atoms with E-state index in [-0.39, 0.29) is 6.04 Å². The molecule has 4 nitrogen and oxygen atoms in total. The molecule has 112 valence electrons. The Labute approximate surface area is 121 Å². The predicted molar refractivity (Wildman–Crippen MR) is 82.4 cm³/mol. The molecule has 0 bridgehead atoms. The molecule has 0 amide bonds. The summed E-state index contributed by atoms with van der Waals surface area (Å²) < 4.78 is 23.0. The number of hydrogen-bond donors (Lipinski definition) is 1. The lowest BCUT2D eigenvalue weighted by Gasteiger charge is -2.23. The van der Waals surface area contributed by atoms with Gasteiger partial charge in [0.1, 0.15) is 0 Å². The van der Waals surface area contributed by atoms with Crippen LogP contribution in [0.15, 0.2) is 24.3 Å². The zero-order chi connectivity index (χ0) is 14.8. The first-order valence-electron chi connectivity index (χ1n) is 7.11. The van der Waals surface area contributed by atoms with Crippen LogP contribution in [0.5, 0.6) is 0 Å². The summed E-state index contributed by atoms with van der Waals surface area (Å²) in [6.45, 7) is 3.56. The van der Waals surface area contributed by atoms with Gasteiger partial charge in [-0.25, -0.2) is 8.42 Å². The van der Waals surface area contributed by atoms with Gasteiger partial charge in [0.05, 0.1) is 11.5 Å². The minimum absolute atomic E-state index is 0.155. The monoisotopic (exact) mass is 296 g/mol. The van der Waals surface area contributed by atoms with E-state index in [0.717, 1.165) is 13.0 Å². The maximum absolute atomic E-state index is 11.5. The fraction of sp³-hybridized carbons (Fsp3) is 0.600. The molecule has 2 N–H and O–H groups in total. The fourth-order valence-corrected chi connectivity index (χ4v) is 4.43. The van der Waals surface area contributed by atoms with E-state index in [9.17, 15) is 8.42 Å². The van der Waals surface area contributed by atoms with Crippen LogP contribution in [0.4, 0.5) is 0 Å². The Morgan fingerprint density at radius 1 is 1.35 bits per heavy atom. The minimum Gasteiger partial charge on any atom is -0.330 e. The molecule has 0 aromatic heterocycles. The molecular weight excluding hydrogens is 272 g/mol. The molecule has 1 fully saturated rings. The van der Waals surface area contributed by atoms with Gasteiger partial charge in [-0.2, -0.15) is 0 Å². The minimum atomic E-state index is -2.81. The molecule has 1 aromatic carbocycles. The SMILES string of the molecule is CC(CN)c1ccc(CN(C)C2CCS(=O)(=O)C2)cc1. The average Bonchev–Trinajstić information content (AvgIpc) is 2.79. The summed E-state index contributed by atoms with van der Waals surface area (Å²) >= 11 is 0. The Hall–Kier alpha value is -0.910. The lowest BCUT2D eigenvalue weighted by atomic mass is 10.00. The lowest BCUT2D eigenvalue weighted by Crippen LogP contribution is -2.32.